The summed E-state index contributed by atoms with van der Waals surface area (Å²) >= 11 is 0. The van der Waals surface area contributed by atoms with Gasteiger partial charge in [-0.15, -0.1) is 5.10 Å². The third-order valence-corrected chi connectivity index (χ3v) is 3.95. The maximum absolute atomic E-state index is 10.9. The number of benzene rings is 1. The van der Waals surface area contributed by atoms with Crippen molar-refractivity contribution in [2.45, 2.75) is 6.54 Å². The molecule has 0 radical (unpaired) electrons. The molecule has 0 aliphatic heterocycles. The molecule has 0 unspecified atom stereocenters. The molecule has 8 heteroatoms. The lowest BCUT2D eigenvalue weighted by Crippen LogP contribution is -1.99. The van der Waals surface area contributed by atoms with Crippen LogP contribution in [-0.4, -0.2) is 25.3 Å². The van der Waals surface area contributed by atoms with Gasteiger partial charge in [0.15, 0.2) is 5.65 Å². The van der Waals surface area contributed by atoms with Crippen LogP contribution in [0.4, 0.5) is 11.4 Å². The summed E-state index contributed by atoms with van der Waals surface area (Å²) in [5.74, 6) is 0.189. The van der Waals surface area contributed by atoms with Crippen molar-refractivity contribution in [1.29, 1.82) is 0 Å². The largest absolute Gasteiger partial charge is 0.508 e. The van der Waals surface area contributed by atoms with E-state index in [1.807, 2.05) is 18.2 Å². The lowest BCUT2D eigenvalue weighted by atomic mass is 10.1. The number of fused-ring (bicyclic) bond motifs is 1. The fourth-order valence-electron chi connectivity index (χ4n) is 2.81. The van der Waals surface area contributed by atoms with E-state index in [9.17, 15) is 10.0 Å². The second-order valence-corrected chi connectivity index (χ2v) is 5.62. The summed E-state index contributed by atoms with van der Waals surface area (Å²) in [5, 5.41) is 24.7. The normalized spacial score (nSPS) is 10.8. The zero-order valence-corrected chi connectivity index (χ0v) is 13.5. The maximum Gasteiger partial charge on any atom is 0.162 e. The predicted octanol–water partition coefficient (Wildman–Crippen LogP) is 3.74. The van der Waals surface area contributed by atoms with Gasteiger partial charge in [-0.3, -0.25) is 4.98 Å². The van der Waals surface area contributed by atoms with E-state index < -0.39 is 0 Å². The quantitative estimate of drug-likeness (QED) is 0.374. The number of pyridine rings is 1. The molecule has 0 aliphatic carbocycles. The number of aromatic nitrogens is 4. The number of rotatable bonds is 5. The van der Waals surface area contributed by atoms with Gasteiger partial charge >= 0.3 is 0 Å². The van der Waals surface area contributed by atoms with Gasteiger partial charge in [0.2, 0.25) is 0 Å². The van der Waals surface area contributed by atoms with Crippen molar-refractivity contribution in [3.63, 3.8) is 0 Å². The van der Waals surface area contributed by atoms with Gasteiger partial charge in [-0.05, 0) is 36.4 Å². The number of H-pyrrole nitrogens is 1. The van der Waals surface area contributed by atoms with Crippen molar-refractivity contribution < 1.29 is 5.11 Å². The molecule has 3 N–H and O–H groups in total. The average molecular weight is 346 g/mol. The molecule has 0 saturated carbocycles. The summed E-state index contributed by atoms with van der Waals surface area (Å²) in [5.41, 5.74) is 3.97. The first-order valence-electron chi connectivity index (χ1n) is 7.89. The smallest absolute Gasteiger partial charge is 0.162 e. The lowest BCUT2D eigenvalue weighted by molar-refractivity contribution is 0.475. The highest BCUT2D eigenvalue weighted by Crippen LogP contribution is 2.35. The van der Waals surface area contributed by atoms with Crippen molar-refractivity contribution in [1.82, 2.24) is 20.2 Å². The number of phenols is 1. The van der Waals surface area contributed by atoms with Crippen molar-refractivity contribution >= 4 is 22.4 Å². The van der Waals surface area contributed by atoms with Gasteiger partial charge in [-0.1, -0.05) is 11.2 Å². The monoisotopic (exact) mass is 346 g/mol. The Kier molecular flexibility index (Phi) is 3.98. The van der Waals surface area contributed by atoms with Crippen LogP contribution in [0.2, 0.25) is 0 Å². The van der Waals surface area contributed by atoms with E-state index in [1.165, 1.54) is 0 Å². The van der Waals surface area contributed by atoms with Crippen molar-refractivity contribution in [2.75, 3.05) is 5.32 Å². The fourth-order valence-corrected chi connectivity index (χ4v) is 2.81. The molecule has 3 aromatic heterocycles. The molecule has 128 valence electrons. The topological polar surface area (TPSA) is 116 Å². The lowest BCUT2D eigenvalue weighted by Gasteiger charge is -2.10. The number of aromatic amines is 1. The minimum Gasteiger partial charge on any atom is -0.508 e. The van der Waals surface area contributed by atoms with Crippen LogP contribution in [0.25, 0.3) is 22.3 Å². The van der Waals surface area contributed by atoms with Gasteiger partial charge < -0.3 is 15.4 Å². The molecule has 0 saturated heterocycles. The molecule has 0 fully saturated rings. The molecule has 3 heterocycles. The van der Waals surface area contributed by atoms with Gasteiger partial charge in [-0.2, -0.15) is 10.0 Å². The van der Waals surface area contributed by atoms with Crippen molar-refractivity contribution in [3.05, 3.63) is 65.5 Å². The molecule has 4 aromatic rings. The first-order valence-corrected chi connectivity index (χ1v) is 7.89. The van der Waals surface area contributed by atoms with Crippen LogP contribution in [-0.2, 0) is 6.54 Å². The number of nitrogens with one attached hydrogen (secondary N) is 2. The van der Waals surface area contributed by atoms with Crippen LogP contribution in [0.5, 0.6) is 5.75 Å². The SMILES string of the molecule is O=NCc1nnc2[nH]cc(Nc3ccc(O)cc3)c2c1-c1ccccn1. The Morgan fingerprint density at radius 2 is 1.96 bits per heavy atom. The van der Waals surface area contributed by atoms with Crippen LogP contribution in [0, 0.1) is 4.91 Å². The van der Waals surface area contributed by atoms with Crippen LogP contribution in [0.15, 0.2) is 60.0 Å². The van der Waals surface area contributed by atoms with Crippen molar-refractivity contribution in [3.8, 4) is 17.0 Å². The van der Waals surface area contributed by atoms with Crippen LogP contribution in [0.3, 0.4) is 0 Å². The molecule has 0 bridgehead atoms. The van der Waals surface area contributed by atoms with Crippen LogP contribution in [0.1, 0.15) is 5.69 Å². The van der Waals surface area contributed by atoms with Crippen LogP contribution < -0.4 is 5.32 Å². The number of anilines is 2. The summed E-state index contributed by atoms with van der Waals surface area (Å²) in [7, 11) is 0. The third-order valence-electron chi connectivity index (χ3n) is 3.95. The third kappa shape index (κ3) is 2.84. The first-order chi connectivity index (χ1) is 12.8. The molecular formula is C18H14N6O2. The molecule has 0 atom stereocenters. The molecule has 1 aromatic carbocycles. The number of aromatic hydroxyl groups is 1. The Balaban J connectivity index is 1.90. The summed E-state index contributed by atoms with van der Waals surface area (Å²) in [6.07, 6.45) is 3.45. The predicted molar refractivity (Wildman–Crippen MR) is 98.0 cm³/mol. The first kappa shape index (κ1) is 15.7. The van der Waals surface area contributed by atoms with E-state index in [0.29, 0.717) is 22.6 Å². The van der Waals surface area contributed by atoms with Gasteiger partial charge in [0.1, 0.15) is 12.3 Å². The van der Waals surface area contributed by atoms with E-state index in [2.05, 4.69) is 30.7 Å². The van der Waals surface area contributed by atoms with E-state index in [-0.39, 0.29) is 12.3 Å². The van der Waals surface area contributed by atoms with Gasteiger partial charge in [0, 0.05) is 23.6 Å². The van der Waals surface area contributed by atoms with E-state index in [1.54, 1.807) is 36.7 Å². The number of phenolic OH excluding ortho intramolecular Hbond substituents is 1. The Labute approximate surface area is 147 Å². The Bertz CT molecular complexity index is 1060. The fraction of sp³-hybridized carbons (Fsp3) is 0.0556. The number of nitroso groups, excluding NO2 is 1. The molecule has 0 amide bonds. The minimum absolute atomic E-state index is 0.0985. The number of hydrogen-bond acceptors (Lipinski definition) is 7. The van der Waals surface area contributed by atoms with Gasteiger partial charge in [0.05, 0.1) is 22.5 Å². The number of hydrogen-bond donors (Lipinski definition) is 3. The number of nitrogens with zero attached hydrogens (tertiary/aromatic N) is 4. The van der Waals surface area contributed by atoms with Gasteiger partial charge in [0.25, 0.3) is 0 Å². The highest BCUT2D eigenvalue weighted by Gasteiger charge is 2.18. The van der Waals surface area contributed by atoms with E-state index >= 15 is 0 Å². The van der Waals surface area contributed by atoms with E-state index in [0.717, 1.165) is 16.8 Å². The average Bonchev–Trinajstić information content (AvgIpc) is 3.07. The second-order valence-electron chi connectivity index (χ2n) is 5.62. The second kappa shape index (κ2) is 6.60. The zero-order chi connectivity index (χ0) is 17.9. The summed E-state index contributed by atoms with van der Waals surface area (Å²) in [6.45, 7) is -0.0985. The highest BCUT2D eigenvalue weighted by molar-refractivity contribution is 6.03. The van der Waals surface area contributed by atoms with E-state index in [4.69, 9.17) is 0 Å². The molecule has 26 heavy (non-hydrogen) atoms. The Morgan fingerprint density at radius 1 is 1.12 bits per heavy atom. The molecular weight excluding hydrogens is 332 g/mol. The Hall–Kier alpha value is -3.81. The maximum atomic E-state index is 10.9. The van der Waals surface area contributed by atoms with Crippen LogP contribution >= 0.6 is 0 Å². The minimum atomic E-state index is -0.0985. The molecule has 8 nitrogen and oxygen atoms in total. The molecule has 4 rings (SSSR count). The summed E-state index contributed by atoms with van der Waals surface area (Å²) in [4.78, 5) is 18.3. The molecule has 0 spiro atoms. The summed E-state index contributed by atoms with van der Waals surface area (Å²) in [6, 6.07) is 12.2. The van der Waals surface area contributed by atoms with Crippen molar-refractivity contribution in [2.24, 2.45) is 5.18 Å². The van der Waals surface area contributed by atoms with Gasteiger partial charge in [-0.25, -0.2) is 0 Å². The summed E-state index contributed by atoms with van der Waals surface area (Å²) < 4.78 is 0. The highest BCUT2D eigenvalue weighted by atomic mass is 16.3. The Morgan fingerprint density at radius 3 is 2.69 bits per heavy atom. The standard InChI is InChI=1S/C18H14N6O2/c25-12-6-4-11(5-7-12)22-14-9-20-18-17(14)16(13-3-1-2-8-19-13)15(10-21-26)23-24-18/h1-9,22,25H,10H2,(H,20,24). The zero-order valence-electron chi connectivity index (χ0n) is 13.5. The molecule has 0 aliphatic rings.